The third kappa shape index (κ3) is 3.45. The second kappa shape index (κ2) is 6.74. The minimum atomic E-state index is -4.79. The molecule has 0 spiro atoms. The van der Waals surface area contributed by atoms with E-state index in [2.05, 4.69) is 20.4 Å². The average Bonchev–Trinajstić information content (AvgIpc) is 2.94. The molecule has 2 rings (SSSR count). The molecule has 1 unspecified atom stereocenters. The molecule has 2 aromatic rings. The Morgan fingerprint density at radius 2 is 1.96 bits per heavy atom. The van der Waals surface area contributed by atoms with Crippen molar-refractivity contribution in [3.8, 4) is 11.3 Å². The highest BCUT2D eigenvalue weighted by atomic mass is 32.2. The van der Waals surface area contributed by atoms with E-state index in [0.717, 1.165) is 6.20 Å². The molecule has 0 aliphatic carbocycles. The summed E-state index contributed by atoms with van der Waals surface area (Å²) in [7, 11) is -2.57. The van der Waals surface area contributed by atoms with Crippen molar-refractivity contribution < 1.29 is 21.6 Å². The number of alkyl halides is 3. The molecule has 26 heavy (non-hydrogen) atoms. The van der Waals surface area contributed by atoms with Gasteiger partial charge >= 0.3 is 6.18 Å². The SMILES string of the molecule is CCC(C)S(=O)(=O)n1cc(-c2nc(N)nc(NC)c2C(F)(F)F)c(C)n1. The lowest BCUT2D eigenvalue weighted by Crippen LogP contribution is -2.24. The summed E-state index contributed by atoms with van der Waals surface area (Å²) in [4.78, 5) is 7.26. The maximum atomic E-state index is 13.6. The van der Waals surface area contributed by atoms with Crippen LogP contribution in [0, 0.1) is 6.92 Å². The van der Waals surface area contributed by atoms with E-state index < -0.39 is 38.5 Å². The second-order valence-corrected chi connectivity index (χ2v) is 7.88. The zero-order valence-corrected chi connectivity index (χ0v) is 15.4. The Labute approximate surface area is 148 Å². The van der Waals surface area contributed by atoms with Crippen LogP contribution >= 0.6 is 0 Å². The van der Waals surface area contributed by atoms with E-state index in [-0.39, 0.29) is 17.2 Å². The van der Waals surface area contributed by atoms with Crippen molar-refractivity contribution in [1.82, 2.24) is 19.2 Å². The molecule has 144 valence electrons. The first kappa shape index (κ1) is 19.9. The van der Waals surface area contributed by atoms with Gasteiger partial charge < -0.3 is 11.1 Å². The average molecular weight is 392 g/mol. The van der Waals surface area contributed by atoms with Crippen molar-refractivity contribution in [3.63, 3.8) is 0 Å². The Kier molecular flexibility index (Phi) is 5.17. The monoisotopic (exact) mass is 392 g/mol. The van der Waals surface area contributed by atoms with Crippen LogP contribution in [-0.2, 0) is 16.2 Å². The van der Waals surface area contributed by atoms with Gasteiger partial charge in [-0.05, 0) is 20.3 Å². The Bertz CT molecular complexity index is 923. The molecule has 0 aliphatic rings. The highest BCUT2D eigenvalue weighted by molar-refractivity contribution is 7.90. The highest BCUT2D eigenvalue weighted by Gasteiger charge is 2.40. The summed E-state index contributed by atoms with van der Waals surface area (Å²) in [5.41, 5.74) is 3.83. The molecule has 3 N–H and O–H groups in total. The fourth-order valence-electron chi connectivity index (χ4n) is 2.31. The molecule has 0 radical (unpaired) electrons. The van der Waals surface area contributed by atoms with E-state index in [9.17, 15) is 21.6 Å². The first-order valence-electron chi connectivity index (χ1n) is 7.66. The molecular weight excluding hydrogens is 373 g/mol. The lowest BCUT2D eigenvalue weighted by Gasteiger charge is -2.15. The fourth-order valence-corrected chi connectivity index (χ4v) is 3.59. The lowest BCUT2D eigenvalue weighted by atomic mass is 10.1. The number of halogens is 3. The Balaban J connectivity index is 2.77. The predicted molar refractivity (Wildman–Crippen MR) is 91.0 cm³/mol. The molecule has 0 aromatic carbocycles. The number of nitrogens with one attached hydrogen (secondary N) is 1. The summed E-state index contributed by atoms with van der Waals surface area (Å²) in [5, 5.41) is 5.47. The van der Waals surface area contributed by atoms with Crippen molar-refractivity contribution in [2.75, 3.05) is 18.1 Å². The molecule has 0 aliphatic heterocycles. The summed E-state index contributed by atoms with van der Waals surface area (Å²) in [5.74, 6) is -0.883. The smallest absolute Gasteiger partial charge is 0.372 e. The van der Waals surface area contributed by atoms with Crippen LogP contribution in [0.25, 0.3) is 11.3 Å². The van der Waals surface area contributed by atoms with Gasteiger partial charge in [0.15, 0.2) is 0 Å². The highest BCUT2D eigenvalue weighted by Crippen LogP contribution is 2.41. The number of rotatable bonds is 5. The standard InChI is InChI=1S/C14H19F3N6O2S/c1-5-7(2)26(24,25)23-6-9(8(3)22-23)11-10(14(15,16)17)12(19-4)21-13(18)20-11/h6-7H,5H2,1-4H3,(H3,18,19,20,21). The van der Waals surface area contributed by atoms with Crippen LogP contribution in [0.15, 0.2) is 6.20 Å². The summed E-state index contributed by atoms with van der Waals surface area (Å²) in [6, 6.07) is 0. The Morgan fingerprint density at radius 3 is 2.46 bits per heavy atom. The molecule has 2 heterocycles. The summed E-state index contributed by atoms with van der Waals surface area (Å²) in [6.07, 6.45) is -3.44. The van der Waals surface area contributed by atoms with Gasteiger partial charge in [-0.2, -0.15) is 27.3 Å². The number of hydrogen-bond acceptors (Lipinski definition) is 7. The number of nitrogens with two attached hydrogens (primary N) is 1. The Hall–Kier alpha value is -2.37. The van der Waals surface area contributed by atoms with Crippen LogP contribution in [0.1, 0.15) is 31.5 Å². The number of hydrogen-bond donors (Lipinski definition) is 2. The van der Waals surface area contributed by atoms with Gasteiger partial charge in [-0.1, -0.05) is 6.92 Å². The quantitative estimate of drug-likeness (QED) is 0.802. The first-order valence-corrected chi connectivity index (χ1v) is 9.17. The van der Waals surface area contributed by atoms with Crippen molar-refractivity contribution >= 4 is 21.8 Å². The van der Waals surface area contributed by atoms with Gasteiger partial charge in [0, 0.05) is 12.6 Å². The number of aromatic nitrogens is 4. The molecule has 0 fully saturated rings. The zero-order valence-electron chi connectivity index (χ0n) is 14.6. The summed E-state index contributed by atoms with van der Waals surface area (Å²) < 4.78 is 66.3. The van der Waals surface area contributed by atoms with Gasteiger partial charge in [-0.3, -0.25) is 0 Å². The third-order valence-electron chi connectivity index (χ3n) is 3.92. The normalized spacial score (nSPS) is 13.7. The largest absolute Gasteiger partial charge is 0.422 e. The first-order chi connectivity index (χ1) is 11.9. The van der Waals surface area contributed by atoms with E-state index >= 15 is 0 Å². The van der Waals surface area contributed by atoms with Crippen molar-refractivity contribution in [3.05, 3.63) is 17.5 Å². The van der Waals surface area contributed by atoms with Crippen LogP contribution in [0.2, 0.25) is 0 Å². The maximum Gasteiger partial charge on any atom is 0.422 e. The van der Waals surface area contributed by atoms with Gasteiger partial charge in [-0.15, -0.1) is 0 Å². The predicted octanol–water partition coefficient (Wildman–Crippen LogP) is 2.27. The van der Waals surface area contributed by atoms with Crippen molar-refractivity contribution in [1.29, 1.82) is 0 Å². The lowest BCUT2D eigenvalue weighted by molar-refractivity contribution is -0.136. The van der Waals surface area contributed by atoms with Crippen molar-refractivity contribution in [2.24, 2.45) is 0 Å². The topological polar surface area (TPSA) is 116 Å². The number of nitrogens with zero attached hydrogens (tertiary/aromatic N) is 4. The Morgan fingerprint density at radius 1 is 1.35 bits per heavy atom. The van der Waals surface area contributed by atoms with Crippen LogP contribution < -0.4 is 11.1 Å². The van der Waals surface area contributed by atoms with E-state index in [1.807, 2.05) is 0 Å². The maximum absolute atomic E-state index is 13.6. The molecule has 0 saturated carbocycles. The summed E-state index contributed by atoms with van der Waals surface area (Å²) in [6.45, 7) is 4.58. The van der Waals surface area contributed by atoms with E-state index in [4.69, 9.17) is 5.73 Å². The van der Waals surface area contributed by atoms with E-state index in [1.54, 1.807) is 6.92 Å². The van der Waals surface area contributed by atoms with Crippen LogP contribution in [0.3, 0.4) is 0 Å². The van der Waals surface area contributed by atoms with Gasteiger partial charge in [-0.25, -0.2) is 13.4 Å². The molecular formula is C14H19F3N6O2S. The van der Waals surface area contributed by atoms with Crippen LogP contribution in [-0.4, -0.2) is 39.9 Å². The molecule has 0 saturated heterocycles. The molecule has 8 nitrogen and oxygen atoms in total. The van der Waals surface area contributed by atoms with Gasteiger partial charge in [0.05, 0.1) is 22.8 Å². The van der Waals surface area contributed by atoms with Crippen LogP contribution in [0.5, 0.6) is 0 Å². The number of aryl methyl sites for hydroxylation is 1. The third-order valence-corrected chi connectivity index (χ3v) is 5.98. The van der Waals surface area contributed by atoms with Crippen molar-refractivity contribution in [2.45, 2.75) is 38.6 Å². The molecule has 2 aromatic heterocycles. The molecule has 0 bridgehead atoms. The van der Waals surface area contributed by atoms with E-state index in [1.165, 1.54) is 20.9 Å². The van der Waals surface area contributed by atoms with Gasteiger partial charge in [0.2, 0.25) is 5.95 Å². The zero-order chi connectivity index (χ0) is 19.9. The minimum absolute atomic E-state index is 0.0718. The molecule has 0 amide bonds. The number of nitrogen functional groups attached to an aromatic ring is 1. The molecule has 12 heteroatoms. The second-order valence-electron chi connectivity index (χ2n) is 5.67. The fraction of sp³-hybridized carbons (Fsp3) is 0.500. The summed E-state index contributed by atoms with van der Waals surface area (Å²) >= 11 is 0. The minimum Gasteiger partial charge on any atom is -0.372 e. The van der Waals surface area contributed by atoms with Gasteiger partial charge in [0.25, 0.3) is 10.0 Å². The van der Waals surface area contributed by atoms with E-state index in [0.29, 0.717) is 10.5 Å². The number of anilines is 2. The van der Waals surface area contributed by atoms with Gasteiger partial charge in [0.1, 0.15) is 11.4 Å². The van der Waals surface area contributed by atoms with Crippen LogP contribution in [0.4, 0.5) is 24.9 Å². The molecule has 1 atom stereocenters.